The van der Waals surface area contributed by atoms with Crippen LogP contribution in [0, 0.1) is 0 Å². The zero-order valence-corrected chi connectivity index (χ0v) is 26.2. The van der Waals surface area contributed by atoms with Crippen LogP contribution in [0.2, 0.25) is 0 Å². The summed E-state index contributed by atoms with van der Waals surface area (Å²) in [6.07, 6.45) is 1.90. The average molecular weight is 608 g/mol. The van der Waals surface area contributed by atoms with Gasteiger partial charge in [0, 0.05) is 17.0 Å². The summed E-state index contributed by atoms with van der Waals surface area (Å²) in [7, 11) is 0. The van der Waals surface area contributed by atoms with Gasteiger partial charge in [-0.25, -0.2) is 0 Å². The fraction of sp³-hybridized carbons (Fsp3) is 0. The van der Waals surface area contributed by atoms with Gasteiger partial charge in [0.15, 0.2) is 0 Å². The van der Waals surface area contributed by atoms with E-state index in [9.17, 15) is 0 Å². The highest BCUT2D eigenvalue weighted by Gasteiger charge is 2.23. The van der Waals surface area contributed by atoms with E-state index in [-0.39, 0.29) is 0 Å². The Balaban J connectivity index is 1.15. The second kappa shape index (κ2) is 10.6. The Morgan fingerprint density at radius 1 is 0.271 bits per heavy atom. The number of nitrogens with zero attached hydrogens (tertiary/aromatic N) is 1. The third-order valence-electron chi connectivity index (χ3n) is 10.1. The standard InChI is InChI=1S/C47H29N/c1-2-12-35-34(11-1)36-13-3-5-15-39(36)43-20-9-19-33(46(43)42-18-8-7-16-38(35)42)31-24-22-30(23-25-31)32-26-27-41-37-14-4-6-17-40(37)44-21-10-28-48-47(44)45(41)29-32/h1-29H. The highest BCUT2D eigenvalue weighted by Crippen LogP contribution is 2.50. The molecule has 0 N–H and O–H groups in total. The van der Waals surface area contributed by atoms with Crippen molar-refractivity contribution in [2.75, 3.05) is 0 Å². The molecule has 0 amide bonds. The fourth-order valence-corrected chi connectivity index (χ4v) is 7.94. The Hall–Kier alpha value is -6.31. The maximum Gasteiger partial charge on any atom is 0.0786 e. The second-order valence-corrected chi connectivity index (χ2v) is 12.6. The summed E-state index contributed by atoms with van der Waals surface area (Å²) in [6, 6.07) is 62.1. The van der Waals surface area contributed by atoms with E-state index >= 15 is 0 Å². The SMILES string of the molecule is c1ccc2c(c1)-c1ccccc1-c1cccc(-c3ccc(-c4ccc5c6ccccc6c6cccnc6c5c4)cc3)c1-c1ccccc1-2. The van der Waals surface area contributed by atoms with Crippen LogP contribution in [-0.4, -0.2) is 4.98 Å². The molecule has 1 aliphatic rings. The van der Waals surface area contributed by atoms with E-state index < -0.39 is 0 Å². The zero-order chi connectivity index (χ0) is 31.6. The molecule has 9 aromatic rings. The molecule has 0 aliphatic heterocycles. The normalized spacial score (nSPS) is 11.8. The lowest BCUT2D eigenvalue weighted by atomic mass is 9.78. The van der Waals surface area contributed by atoms with Crippen LogP contribution in [0.3, 0.4) is 0 Å². The minimum Gasteiger partial charge on any atom is -0.256 e. The molecule has 0 unspecified atom stereocenters. The van der Waals surface area contributed by atoms with E-state index in [4.69, 9.17) is 4.98 Å². The third kappa shape index (κ3) is 4.01. The predicted molar refractivity (Wildman–Crippen MR) is 203 cm³/mol. The topological polar surface area (TPSA) is 12.9 Å². The van der Waals surface area contributed by atoms with Gasteiger partial charge in [-0.2, -0.15) is 0 Å². The van der Waals surface area contributed by atoms with E-state index in [0.717, 1.165) is 5.52 Å². The lowest BCUT2D eigenvalue weighted by molar-refractivity contribution is 1.43. The van der Waals surface area contributed by atoms with E-state index in [2.05, 4.69) is 164 Å². The van der Waals surface area contributed by atoms with Crippen molar-refractivity contribution in [2.24, 2.45) is 0 Å². The van der Waals surface area contributed by atoms with Crippen molar-refractivity contribution >= 4 is 32.4 Å². The maximum atomic E-state index is 4.85. The van der Waals surface area contributed by atoms with Gasteiger partial charge in [-0.15, -0.1) is 0 Å². The number of hydrogen-bond acceptors (Lipinski definition) is 1. The summed E-state index contributed by atoms with van der Waals surface area (Å²) in [6.45, 7) is 0. The molecule has 1 heteroatoms. The summed E-state index contributed by atoms with van der Waals surface area (Å²) >= 11 is 0. The smallest absolute Gasteiger partial charge is 0.0786 e. The monoisotopic (exact) mass is 607 g/mol. The van der Waals surface area contributed by atoms with Gasteiger partial charge in [0.2, 0.25) is 0 Å². The average Bonchev–Trinajstić information content (AvgIpc) is 3.17. The molecule has 1 aromatic heterocycles. The van der Waals surface area contributed by atoms with Crippen molar-refractivity contribution in [1.29, 1.82) is 0 Å². The van der Waals surface area contributed by atoms with Gasteiger partial charge in [0.25, 0.3) is 0 Å². The number of fused-ring (bicyclic) bond motifs is 14. The van der Waals surface area contributed by atoms with Crippen molar-refractivity contribution in [1.82, 2.24) is 4.98 Å². The molecular weight excluding hydrogens is 579 g/mol. The summed E-state index contributed by atoms with van der Waals surface area (Å²) in [4.78, 5) is 4.85. The Morgan fingerprint density at radius 2 is 0.729 bits per heavy atom. The Morgan fingerprint density at radius 3 is 1.42 bits per heavy atom. The molecule has 0 bridgehead atoms. The lowest BCUT2D eigenvalue weighted by Crippen LogP contribution is -1.98. The summed E-state index contributed by atoms with van der Waals surface area (Å²) < 4.78 is 0. The van der Waals surface area contributed by atoms with Crippen LogP contribution < -0.4 is 0 Å². The van der Waals surface area contributed by atoms with Gasteiger partial charge >= 0.3 is 0 Å². The molecule has 0 fully saturated rings. The van der Waals surface area contributed by atoms with Gasteiger partial charge in [0.05, 0.1) is 5.52 Å². The van der Waals surface area contributed by atoms with E-state index in [1.54, 1.807) is 0 Å². The Labute approximate surface area is 279 Å². The van der Waals surface area contributed by atoms with Crippen LogP contribution in [0.15, 0.2) is 176 Å². The second-order valence-electron chi connectivity index (χ2n) is 12.6. The van der Waals surface area contributed by atoms with Gasteiger partial charge in [-0.05, 0) is 95.1 Å². The quantitative estimate of drug-likeness (QED) is 0.178. The maximum absolute atomic E-state index is 4.85. The number of pyridine rings is 1. The van der Waals surface area contributed by atoms with Crippen molar-refractivity contribution in [3.63, 3.8) is 0 Å². The highest BCUT2D eigenvalue weighted by molar-refractivity contribution is 6.24. The first-order valence-corrected chi connectivity index (χ1v) is 16.5. The zero-order valence-electron chi connectivity index (χ0n) is 26.2. The molecule has 0 saturated carbocycles. The van der Waals surface area contributed by atoms with Gasteiger partial charge in [0.1, 0.15) is 0 Å². The van der Waals surface area contributed by atoms with E-state index in [1.165, 1.54) is 93.7 Å². The summed E-state index contributed by atoms with van der Waals surface area (Å²) in [5.41, 5.74) is 16.0. The summed E-state index contributed by atoms with van der Waals surface area (Å²) in [5.74, 6) is 0. The lowest BCUT2D eigenvalue weighted by Gasteiger charge is -2.25. The molecule has 10 rings (SSSR count). The van der Waals surface area contributed by atoms with Gasteiger partial charge in [-0.1, -0.05) is 158 Å². The van der Waals surface area contributed by atoms with Crippen LogP contribution >= 0.6 is 0 Å². The van der Waals surface area contributed by atoms with Crippen molar-refractivity contribution in [3.05, 3.63) is 176 Å². The van der Waals surface area contributed by atoms with Gasteiger partial charge < -0.3 is 0 Å². The Bertz CT molecular complexity index is 2680. The fourth-order valence-electron chi connectivity index (χ4n) is 7.94. The summed E-state index contributed by atoms with van der Waals surface area (Å²) in [5, 5.41) is 6.13. The van der Waals surface area contributed by atoms with Crippen molar-refractivity contribution < 1.29 is 0 Å². The van der Waals surface area contributed by atoms with Crippen molar-refractivity contribution in [3.8, 4) is 66.8 Å². The molecular formula is C47H29N. The van der Waals surface area contributed by atoms with Crippen molar-refractivity contribution in [2.45, 2.75) is 0 Å². The number of rotatable bonds is 2. The molecule has 0 atom stereocenters. The van der Waals surface area contributed by atoms with E-state index in [0.29, 0.717) is 0 Å². The number of benzene rings is 8. The molecule has 1 aliphatic carbocycles. The van der Waals surface area contributed by atoms with Crippen LogP contribution in [0.25, 0.3) is 99.2 Å². The molecule has 0 saturated heterocycles. The largest absolute Gasteiger partial charge is 0.256 e. The minimum absolute atomic E-state index is 1.05. The Kier molecular flexibility index (Phi) is 5.94. The molecule has 1 heterocycles. The molecule has 1 nitrogen and oxygen atoms in total. The minimum atomic E-state index is 1.05. The predicted octanol–water partition coefficient (Wildman–Crippen LogP) is 12.9. The molecule has 0 radical (unpaired) electrons. The molecule has 0 spiro atoms. The van der Waals surface area contributed by atoms with Crippen LogP contribution in [0.1, 0.15) is 0 Å². The molecule has 48 heavy (non-hydrogen) atoms. The van der Waals surface area contributed by atoms with Crippen LogP contribution in [-0.2, 0) is 0 Å². The first-order valence-electron chi connectivity index (χ1n) is 16.5. The van der Waals surface area contributed by atoms with Gasteiger partial charge in [-0.3, -0.25) is 4.98 Å². The number of aromatic nitrogens is 1. The molecule has 8 aromatic carbocycles. The first kappa shape index (κ1) is 26.9. The molecule has 222 valence electrons. The highest BCUT2D eigenvalue weighted by atomic mass is 14.6. The van der Waals surface area contributed by atoms with Crippen LogP contribution in [0.5, 0.6) is 0 Å². The first-order chi connectivity index (χ1) is 23.8. The van der Waals surface area contributed by atoms with Crippen LogP contribution in [0.4, 0.5) is 0 Å². The van der Waals surface area contributed by atoms with E-state index in [1.807, 2.05) is 12.3 Å². The number of hydrogen-bond donors (Lipinski definition) is 0. The third-order valence-corrected chi connectivity index (χ3v) is 10.1.